The van der Waals surface area contributed by atoms with Crippen molar-refractivity contribution in [3.8, 4) is 0 Å². The predicted molar refractivity (Wildman–Crippen MR) is 61.8 cm³/mol. The van der Waals surface area contributed by atoms with Gasteiger partial charge < -0.3 is 10.0 Å². The summed E-state index contributed by atoms with van der Waals surface area (Å²) in [6, 6.07) is -0.684. The van der Waals surface area contributed by atoms with Gasteiger partial charge in [0.2, 0.25) is 5.91 Å². The maximum absolute atomic E-state index is 12.2. The van der Waals surface area contributed by atoms with Crippen LogP contribution in [-0.4, -0.2) is 54.7 Å². The number of aliphatic carboxylic acids is 1. The molecule has 1 N–H and O–H groups in total. The minimum absolute atomic E-state index is 0.00375. The summed E-state index contributed by atoms with van der Waals surface area (Å²) in [5.74, 6) is -0.692. The molecule has 0 spiro atoms. The largest absolute Gasteiger partial charge is 0.480 e. The Hall–Kier alpha value is -1.99. The molecule has 2 heterocycles. The summed E-state index contributed by atoms with van der Waals surface area (Å²) in [5, 5.41) is 19.9. The lowest BCUT2D eigenvalue weighted by Crippen LogP contribution is -2.44. The molecule has 8 heteroatoms. The fourth-order valence-corrected chi connectivity index (χ4v) is 3.36. The second kappa shape index (κ2) is 4.60. The molecule has 2 fully saturated rings. The summed E-state index contributed by atoms with van der Waals surface area (Å²) in [4.78, 5) is 25.1. The van der Waals surface area contributed by atoms with E-state index in [4.69, 9.17) is 0 Å². The second-order valence-corrected chi connectivity index (χ2v) is 5.19. The number of carboxylic acids is 1. The second-order valence-electron chi connectivity index (χ2n) is 5.19. The van der Waals surface area contributed by atoms with Gasteiger partial charge in [0.05, 0.1) is 0 Å². The molecule has 1 aliphatic heterocycles. The molecule has 102 valence electrons. The molecule has 1 saturated heterocycles. The molecule has 19 heavy (non-hydrogen) atoms. The number of nitrogens with zero attached hydrogens (tertiary/aromatic N) is 5. The Kier molecular flexibility index (Phi) is 2.92. The summed E-state index contributed by atoms with van der Waals surface area (Å²) >= 11 is 0. The van der Waals surface area contributed by atoms with Crippen LogP contribution in [0.3, 0.4) is 0 Å². The van der Waals surface area contributed by atoms with Gasteiger partial charge in [-0.1, -0.05) is 6.42 Å². The van der Waals surface area contributed by atoms with Crippen molar-refractivity contribution in [3.63, 3.8) is 0 Å². The van der Waals surface area contributed by atoms with Crippen LogP contribution in [0.25, 0.3) is 0 Å². The van der Waals surface area contributed by atoms with Crippen LogP contribution in [0.4, 0.5) is 0 Å². The quantitative estimate of drug-likeness (QED) is 0.782. The number of carbonyl (C=O) groups excluding carboxylic acids is 1. The summed E-state index contributed by atoms with van der Waals surface area (Å²) in [6.07, 6.45) is 4.33. The molecule has 0 bridgehead atoms. The molecule has 0 aromatic carbocycles. The highest BCUT2D eigenvalue weighted by molar-refractivity contribution is 5.84. The van der Waals surface area contributed by atoms with E-state index in [9.17, 15) is 14.7 Å². The Morgan fingerprint density at radius 1 is 1.37 bits per heavy atom. The number of fused-ring (bicyclic) bond motifs is 1. The number of aromatic nitrogens is 4. The average Bonchev–Trinajstić information content (AvgIpc) is 3.02. The molecule has 1 aliphatic carbocycles. The van der Waals surface area contributed by atoms with Crippen LogP contribution in [0.2, 0.25) is 0 Å². The minimum atomic E-state index is -0.903. The molecule has 1 aromatic heterocycles. The highest BCUT2D eigenvalue weighted by atomic mass is 16.4. The van der Waals surface area contributed by atoms with Gasteiger partial charge in [0.1, 0.15) is 18.9 Å². The van der Waals surface area contributed by atoms with Crippen molar-refractivity contribution in [2.45, 2.75) is 31.8 Å². The van der Waals surface area contributed by atoms with Gasteiger partial charge in [0, 0.05) is 6.54 Å². The zero-order valence-electron chi connectivity index (χ0n) is 10.3. The van der Waals surface area contributed by atoms with Crippen LogP contribution in [-0.2, 0) is 16.1 Å². The van der Waals surface area contributed by atoms with Crippen LogP contribution in [0.5, 0.6) is 0 Å². The first-order valence-corrected chi connectivity index (χ1v) is 6.40. The molecule has 2 aliphatic rings. The van der Waals surface area contributed by atoms with E-state index in [1.54, 1.807) is 0 Å². The molecule has 3 atom stereocenters. The summed E-state index contributed by atoms with van der Waals surface area (Å²) in [5.41, 5.74) is 0. The van der Waals surface area contributed by atoms with Crippen LogP contribution < -0.4 is 0 Å². The first-order valence-electron chi connectivity index (χ1n) is 6.40. The van der Waals surface area contributed by atoms with Crippen molar-refractivity contribution >= 4 is 11.9 Å². The van der Waals surface area contributed by atoms with E-state index < -0.39 is 12.0 Å². The Balaban J connectivity index is 1.76. The van der Waals surface area contributed by atoms with Gasteiger partial charge in [-0.05, 0) is 35.1 Å². The van der Waals surface area contributed by atoms with E-state index in [0.29, 0.717) is 12.5 Å². The van der Waals surface area contributed by atoms with Crippen molar-refractivity contribution in [2.24, 2.45) is 11.8 Å². The first-order chi connectivity index (χ1) is 9.16. The third-order valence-electron chi connectivity index (χ3n) is 4.15. The fourth-order valence-electron chi connectivity index (χ4n) is 3.36. The van der Waals surface area contributed by atoms with Crippen LogP contribution in [0.1, 0.15) is 19.3 Å². The van der Waals surface area contributed by atoms with Gasteiger partial charge >= 0.3 is 5.97 Å². The average molecular weight is 265 g/mol. The van der Waals surface area contributed by atoms with Crippen molar-refractivity contribution in [1.29, 1.82) is 0 Å². The third kappa shape index (κ3) is 2.06. The molecule has 1 saturated carbocycles. The molecule has 8 nitrogen and oxygen atoms in total. The number of likely N-dealkylation sites (tertiary alicyclic amines) is 1. The molecule has 1 aromatic rings. The van der Waals surface area contributed by atoms with E-state index in [2.05, 4.69) is 15.5 Å². The lowest BCUT2D eigenvalue weighted by Gasteiger charge is -2.24. The molecule has 3 rings (SSSR count). The van der Waals surface area contributed by atoms with Crippen molar-refractivity contribution in [3.05, 3.63) is 6.33 Å². The SMILES string of the molecule is O=C(O)C1C2CCCC2CN1C(=O)Cn1cnnn1. The van der Waals surface area contributed by atoms with Gasteiger partial charge in [-0.2, -0.15) is 0 Å². The highest BCUT2D eigenvalue weighted by Crippen LogP contribution is 2.42. The van der Waals surface area contributed by atoms with Crippen LogP contribution >= 0.6 is 0 Å². The summed E-state index contributed by atoms with van der Waals surface area (Å²) < 4.78 is 1.31. The normalized spacial score (nSPS) is 29.5. The lowest BCUT2D eigenvalue weighted by atomic mass is 9.94. The zero-order valence-corrected chi connectivity index (χ0v) is 10.3. The van der Waals surface area contributed by atoms with Gasteiger partial charge in [-0.25, -0.2) is 9.48 Å². The number of hydrogen-bond donors (Lipinski definition) is 1. The van der Waals surface area contributed by atoms with E-state index in [-0.39, 0.29) is 18.4 Å². The predicted octanol–water partition coefficient (Wildman–Crippen LogP) is -0.615. The van der Waals surface area contributed by atoms with Gasteiger partial charge in [-0.3, -0.25) is 4.79 Å². The Labute approximate surface area is 109 Å². The molecule has 1 amide bonds. The fraction of sp³-hybridized carbons (Fsp3) is 0.727. The standard InChI is InChI=1S/C11H15N5O3/c17-9(5-15-6-12-13-14-15)16-4-7-2-1-3-8(7)10(16)11(18)19/h6-8,10H,1-5H2,(H,18,19). The highest BCUT2D eigenvalue weighted by Gasteiger charge is 2.49. The minimum Gasteiger partial charge on any atom is -0.480 e. The molecule has 3 unspecified atom stereocenters. The number of amides is 1. The number of carbonyl (C=O) groups is 2. The summed E-state index contributed by atoms with van der Waals surface area (Å²) in [7, 11) is 0. The van der Waals surface area contributed by atoms with E-state index in [0.717, 1.165) is 19.3 Å². The topological polar surface area (TPSA) is 101 Å². The smallest absolute Gasteiger partial charge is 0.326 e. The van der Waals surface area contributed by atoms with E-state index >= 15 is 0 Å². The third-order valence-corrected chi connectivity index (χ3v) is 4.15. The molecular formula is C11H15N5O3. The van der Waals surface area contributed by atoms with Gasteiger partial charge in [0.25, 0.3) is 0 Å². The van der Waals surface area contributed by atoms with Crippen molar-refractivity contribution in [2.75, 3.05) is 6.54 Å². The lowest BCUT2D eigenvalue weighted by molar-refractivity contribution is -0.150. The van der Waals surface area contributed by atoms with Gasteiger partial charge in [0.15, 0.2) is 0 Å². The maximum Gasteiger partial charge on any atom is 0.326 e. The first kappa shape index (κ1) is 12.1. The van der Waals surface area contributed by atoms with E-state index in [1.165, 1.54) is 15.9 Å². The van der Waals surface area contributed by atoms with Crippen molar-refractivity contribution in [1.82, 2.24) is 25.1 Å². The number of carboxylic acid groups (broad SMARTS) is 1. The Bertz CT molecular complexity index is 489. The van der Waals surface area contributed by atoms with Gasteiger partial charge in [-0.15, -0.1) is 5.10 Å². The molecular weight excluding hydrogens is 250 g/mol. The van der Waals surface area contributed by atoms with E-state index in [1.807, 2.05) is 0 Å². The number of tetrazole rings is 1. The number of hydrogen-bond acceptors (Lipinski definition) is 5. The maximum atomic E-state index is 12.2. The summed E-state index contributed by atoms with van der Waals surface area (Å²) in [6.45, 7) is 0.540. The van der Waals surface area contributed by atoms with Crippen LogP contribution in [0, 0.1) is 11.8 Å². The van der Waals surface area contributed by atoms with Crippen LogP contribution in [0.15, 0.2) is 6.33 Å². The van der Waals surface area contributed by atoms with Crippen molar-refractivity contribution < 1.29 is 14.7 Å². The number of rotatable bonds is 3. The zero-order chi connectivity index (χ0) is 13.4. The molecule has 0 radical (unpaired) electrons. The Morgan fingerprint density at radius 3 is 2.89 bits per heavy atom. The Morgan fingerprint density at radius 2 is 2.21 bits per heavy atom. The monoisotopic (exact) mass is 265 g/mol.